The van der Waals surface area contributed by atoms with Gasteiger partial charge in [0.1, 0.15) is 0 Å². The summed E-state index contributed by atoms with van der Waals surface area (Å²) in [6.45, 7) is 2.58. The maximum atomic E-state index is 13.1. The number of hydrogen-bond acceptors (Lipinski definition) is 2. The van der Waals surface area contributed by atoms with Crippen LogP contribution in [0.3, 0.4) is 0 Å². The van der Waals surface area contributed by atoms with Crippen LogP contribution in [0.4, 0.5) is 13.2 Å². The molecule has 0 spiro atoms. The van der Waals surface area contributed by atoms with Gasteiger partial charge in [0.15, 0.2) is 0 Å². The Bertz CT molecular complexity index is 411. The van der Waals surface area contributed by atoms with Crippen LogP contribution < -0.4 is 5.32 Å². The van der Waals surface area contributed by atoms with Gasteiger partial charge in [-0.3, -0.25) is 4.98 Å². The number of halogens is 3. The number of pyridine rings is 1. The first-order valence-corrected chi connectivity index (χ1v) is 6.78. The van der Waals surface area contributed by atoms with Crippen molar-refractivity contribution in [1.29, 1.82) is 0 Å². The molecule has 19 heavy (non-hydrogen) atoms. The number of hydrogen-bond donors (Lipinski definition) is 1. The molecule has 0 bridgehead atoms. The van der Waals surface area contributed by atoms with Crippen LogP contribution in [0.15, 0.2) is 18.5 Å². The number of alkyl halides is 3. The molecule has 1 heterocycles. The normalized spacial score (nSPS) is 18.7. The van der Waals surface area contributed by atoms with Gasteiger partial charge >= 0.3 is 6.18 Å². The van der Waals surface area contributed by atoms with Crippen molar-refractivity contribution in [2.75, 3.05) is 6.54 Å². The Morgan fingerprint density at radius 2 is 2.05 bits per heavy atom. The van der Waals surface area contributed by atoms with E-state index in [0.29, 0.717) is 12.1 Å². The Kier molecular flexibility index (Phi) is 4.45. The molecule has 0 saturated heterocycles. The van der Waals surface area contributed by atoms with E-state index >= 15 is 0 Å². The third-order valence-corrected chi connectivity index (χ3v) is 3.79. The van der Waals surface area contributed by atoms with Crippen LogP contribution in [0.2, 0.25) is 0 Å². The second-order valence-electron chi connectivity index (χ2n) is 5.04. The number of nitrogens with one attached hydrogen (secondary N) is 1. The summed E-state index contributed by atoms with van der Waals surface area (Å²) < 4.78 is 39.2. The zero-order chi connectivity index (χ0) is 13.9. The predicted molar refractivity (Wildman–Crippen MR) is 67.6 cm³/mol. The van der Waals surface area contributed by atoms with E-state index < -0.39 is 11.7 Å². The number of aromatic nitrogens is 1. The molecule has 0 radical (unpaired) electrons. The lowest BCUT2D eigenvalue weighted by Gasteiger charge is -2.27. The first kappa shape index (κ1) is 14.3. The lowest BCUT2D eigenvalue weighted by molar-refractivity contribution is -0.138. The smallest absolute Gasteiger partial charge is 0.310 e. The Labute approximate surface area is 111 Å². The fourth-order valence-electron chi connectivity index (χ4n) is 2.95. The van der Waals surface area contributed by atoms with E-state index in [-0.39, 0.29) is 12.0 Å². The van der Waals surface area contributed by atoms with Crippen molar-refractivity contribution in [2.24, 2.45) is 5.92 Å². The molecule has 1 fully saturated rings. The van der Waals surface area contributed by atoms with Crippen LogP contribution in [0.1, 0.15) is 49.8 Å². The van der Waals surface area contributed by atoms with Gasteiger partial charge in [-0.2, -0.15) is 13.2 Å². The van der Waals surface area contributed by atoms with E-state index in [2.05, 4.69) is 10.3 Å². The van der Waals surface area contributed by atoms with Gasteiger partial charge in [-0.25, -0.2) is 0 Å². The third-order valence-electron chi connectivity index (χ3n) is 3.79. The fourth-order valence-corrected chi connectivity index (χ4v) is 2.95. The number of nitrogens with zero attached hydrogens (tertiary/aromatic N) is 1. The molecule has 0 aliphatic heterocycles. The molecule has 1 aliphatic rings. The Hall–Kier alpha value is -1.10. The average Bonchev–Trinajstić information content (AvgIpc) is 2.88. The van der Waals surface area contributed by atoms with Gasteiger partial charge in [0.2, 0.25) is 0 Å². The largest absolute Gasteiger partial charge is 0.416 e. The van der Waals surface area contributed by atoms with Gasteiger partial charge in [0.05, 0.1) is 5.56 Å². The average molecular weight is 272 g/mol. The van der Waals surface area contributed by atoms with Crippen LogP contribution in [0, 0.1) is 5.92 Å². The molecule has 2 rings (SSSR count). The first-order chi connectivity index (χ1) is 9.04. The molecule has 1 N–H and O–H groups in total. The summed E-state index contributed by atoms with van der Waals surface area (Å²) in [6.07, 6.45) is 2.46. The van der Waals surface area contributed by atoms with Gasteiger partial charge in [0.25, 0.3) is 0 Å². The second-order valence-corrected chi connectivity index (χ2v) is 5.04. The van der Waals surface area contributed by atoms with Crippen LogP contribution >= 0.6 is 0 Å². The Morgan fingerprint density at radius 3 is 2.63 bits per heavy atom. The Balaban J connectivity index is 2.35. The fraction of sp³-hybridized carbons (Fsp3) is 0.643. The van der Waals surface area contributed by atoms with Gasteiger partial charge in [0, 0.05) is 18.4 Å². The number of rotatable bonds is 4. The van der Waals surface area contributed by atoms with Gasteiger partial charge in [-0.05, 0) is 36.9 Å². The molecule has 106 valence electrons. The zero-order valence-electron chi connectivity index (χ0n) is 11.0. The molecule has 1 aromatic rings. The topological polar surface area (TPSA) is 24.9 Å². The summed E-state index contributed by atoms with van der Waals surface area (Å²) in [4.78, 5) is 3.89. The van der Waals surface area contributed by atoms with Crippen LogP contribution in [-0.2, 0) is 6.18 Å². The summed E-state index contributed by atoms with van der Waals surface area (Å²) >= 11 is 0. The van der Waals surface area contributed by atoms with E-state index in [1.165, 1.54) is 12.4 Å². The monoisotopic (exact) mass is 272 g/mol. The van der Waals surface area contributed by atoms with E-state index in [1.807, 2.05) is 6.92 Å². The molecular formula is C14H19F3N2. The highest BCUT2D eigenvalue weighted by atomic mass is 19.4. The highest BCUT2D eigenvalue weighted by Crippen LogP contribution is 2.40. The lowest BCUT2D eigenvalue weighted by atomic mass is 9.89. The van der Waals surface area contributed by atoms with Crippen LogP contribution in [-0.4, -0.2) is 11.5 Å². The highest BCUT2D eigenvalue weighted by molar-refractivity contribution is 5.30. The molecule has 1 unspecified atom stereocenters. The molecule has 5 heteroatoms. The minimum atomic E-state index is -4.31. The van der Waals surface area contributed by atoms with Crippen LogP contribution in [0.25, 0.3) is 0 Å². The molecule has 1 atom stereocenters. The van der Waals surface area contributed by atoms with E-state index in [1.54, 1.807) is 0 Å². The van der Waals surface area contributed by atoms with E-state index in [0.717, 1.165) is 31.7 Å². The maximum absolute atomic E-state index is 13.1. The van der Waals surface area contributed by atoms with Crippen molar-refractivity contribution in [3.8, 4) is 0 Å². The van der Waals surface area contributed by atoms with Crippen molar-refractivity contribution in [2.45, 2.75) is 44.8 Å². The molecule has 1 saturated carbocycles. The van der Waals surface area contributed by atoms with Gasteiger partial charge in [-0.1, -0.05) is 19.8 Å². The highest BCUT2D eigenvalue weighted by Gasteiger charge is 2.37. The molecule has 1 aliphatic carbocycles. The zero-order valence-corrected chi connectivity index (χ0v) is 11.0. The maximum Gasteiger partial charge on any atom is 0.416 e. The van der Waals surface area contributed by atoms with Gasteiger partial charge in [-0.15, -0.1) is 0 Å². The summed E-state index contributed by atoms with van der Waals surface area (Å²) in [6, 6.07) is 0.840. The summed E-state index contributed by atoms with van der Waals surface area (Å²) in [5, 5.41) is 3.21. The van der Waals surface area contributed by atoms with E-state index in [9.17, 15) is 13.2 Å². The molecule has 1 aromatic heterocycles. The van der Waals surface area contributed by atoms with Crippen molar-refractivity contribution < 1.29 is 13.2 Å². The quantitative estimate of drug-likeness (QED) is 0.898. The predicted octanol–water partition coefficient (Wildman–Crippen LogP) is 3.94. The van der Waals surface area contributed by atoms with Crippen molar-refractivity contribution in [3.63, 3.8) is 0 Å². The summed E-state index contributed by atoms with van der Waals surface area (Å²) in [5.74, 6) is 0.283. The molecule has 0 aromatic carbocycles. The first-order valence-electron chi connectivity index (χ1n) is 6.78. The standard InChI is InChI=1S/C14H19F3N2/c1-2-19-13(10-5-3-4-6-10)11-9-18-8-7-12(11)14(15,16)17/h7-10,13,19H,2-6H2,1H3. The minimum absolute atomic E-state index is 0.238. The summed E-state index contributed by atoms with van der Waals surface area (Å²) in [7, 11) is 0. The SMILES string of the molecule is CCNC(c1cnccc1C(F)(F)F)C1CCCC1. The second kappa shape index (κ2) is 5.90. The third kappa shape index (κ3) is 3.26. The van der Waals surface area contributed by atoms with Crippen molar-refractivity contribution in [3.05, 3.63) is 29.6 Å². The van der Waals surface area contributed by atoms with Gasteiger partial charge < -0.3 is 5.32 Å². The minimum Gasteiger partial charge on any atom is -0.310 e. The van der Waals surface area contributed by atoms with E-state index in [4.69, 9.17) is 0 Å². The van der Waals surface area contributed by atoms with Crippen molar-refractivity contribution in [1.82, 2.24) is 10.3 Å². The lowest BCUT2D eigenvalue weighted by Crippen LogP contribution is -2.29. The molecular weight excluding hydrogens is 253 g/mol. The Morgan fingerprint density at radius 1 is 1.37 bits per heavy atom. The molecule has 2 nitrogen and oxygen atoms in total. The summed E-state index contributed by atoms with van der Waals surface area (Å²) in [5.41, 5.74) is -0.260. The van der Waals surface area contributed by atoms with Crippen molar-refractivity contribution >= 4 is 0 Å². The molecule has 0 amide bonds. The van der Waals surface area contributed by atoms with Crippen LogP contribution in [0.5, 0.6) is 0 Å².